The number of benzene rings is 2. The van der Waals surface area contributed by atoms with Crippen molar-refractivity contribution < 1.29 is 43.7 Å². The second-order valence-corrected chi connectivity index (χ2v) is 14.0. The van der Waals surface area contributed by atoms with E-state index in [1.807, 2.05) is 6.92 Å². The Balaban J connectivity index is 1.19. The van der Waals surface area contributed by atoms with E-state index in [0.29, 0.717) is 5.69 Å². The molecule has 1 amide bonds. The first-order chi connectivity index (χ1) is 20.6. The van der Waals surface area contributed by atoms with Crippen LogP contribution < -0.4 is 9.80 Å². The first-order valence-electron chi connectivity index (χ1n) is 13.2. The lowest BCUT2D eigenvalue weighted by Gasteiger charge is -2.35. The maximum atomic E-state index is 13.3. The van der Waals surface area contributed by atoms with Crippen molar-refractivity contribution in [2.24, 2.45) is 0 Å². The van der Waals surface area contributed by atoms with Gasteiger partial charge in [-0.05, 0) is 55.5 Å². The summed E-state index contributed by atoms with van der Waals surface area (Å²) in [5, 5.41) is -0.321. The van der Waals surface area contributed by atoms with Gasteiger partial charge in [0.1, 0.15) is 23.7 Å². The summed E-state index contributed by atoms with van der Waals surface area (Å²) in [7, 11) is -8.03. The number of aromatic nitrogens is 1. The zero-order valence-corrected chi connectivity index (χ0v) is 25.5. The fourth-order valence-corrected chi connectivity index (χ4v) is 7.23. The molecule has 3 heterocycles. The standard InChI is InChI=1S/C27H26ClF3N4O7S2/c1-18-2-6-23(7-3-18)44(39,40)41-17-21-16-35(26(36)42-21)20-4-8-22(9-5-20)43(37,38)34-12-10-33(11-13-34)25-15-19(27(29,30)31)14-24(28)32-25/h2-9,14-15,21H,10-13,16-17H2,1H3. The van der Waals surface area contributed by atoms with Gasteiger partial charge in [-0.2, -0.15) is 25.9 Å². The molecule has 0 aliphatic carbocycles. The number of pyridine rings is 1. The third-order valence-corrected chi connectivity index (χ3v) is 10.5. The first-order valence-corrected chi connectivity index (χ1v) is 16.4. The highest BCUT2D eigenvalue weighted by molar-refractivity contribution is 7.89. The summed E-state index contributed by atoms with van der Waals surface area (Å²) < 4.78 is 103. The molecule has 236 valence electrons. The lowest BCUT2D eigenvalue weighted by molar-refractivity contribution is -0.137. The number of aryl methyl sites for hydroxylation is 1. The molecule has 44 heavy (non-hydrogen) atoms. The third kappa shape index (κ3) is 6.94. The molecule has 5 rings (SSSR count). The maximum Gasteiger partial charge on any atom is 0.416 e. The Bertz CT molecular complexity index is 1750. The molecule has 2 aliphatic rings. The van der Waals surface area contributed by atoms with Gasteiger partial charge in [0.05, 0.1) is 21.9 Å². The van der Waals surface area contributed by atoms with Crippen molar-refractivity contribution in [3.63, 3.8) is 0 Å². The molecule has 1 aromatic heterocycles. The zero-order chi connectivity index (χ0) is 31.9. The number of hydrogen-bond donors (Lipinski definition) is 0. The number of anilines is 2. The van der Waals surface area contributed by atoms with Crippen LogP contribution in [0.1, 0.15) is 11.1 Å². The first kappa shape index (κ1) is 32.0. The Hall–Kier alpha value is -3.44. The van der Waals surface area contributed by atoms with Crippen LogP contribution in [-0.2, 0) is 35.2 Å². The van der Waals surface area contributed by atoms with E-state index < -0.39 is 50.7 Å². The second kappa shape index (κ2) is 12.2. The van der Waals surface area contributed by atoms with Gasteiger partial charge in [0.2, 0.25) is 10.0 Å². The van der Waals surface area contributed by atoms with Gasteiger partial charge in [-0.1, -0.05) is 29.3 Å². The van der Waals surface area contributed by atoms with E-state index in [-0.39, 0.29) is 53.5 Å². The van der Waals surface area contributed by atoms with Crippen molar-refractivity contribution in [2.75, 3.05) is 49.1 Å². The molecule has 0 N–H and O–H groups in total. The number of amides is 1. The largest absolute Gasteiger partial charge is 0.441 e. The maximum absolute atomic E-state index is 13.3. The van der Waals surface area contributed by atoms with Gasteiger partial charge in [0, 0.05) is 31.9 Å². The predicted molar refractivity (Wildman–Crippen MR) is 154 cm³/mol. The SMILES string of the molecule is Cc1ccc(S(=O)(=O)OCC2CN(c3ccc(S(=O)(=O)N4CCN(c5cc(C(F)(F)F)cc(Cl)n5)CC4)cc3)C(=O)O2)cc1. The summed E-state index contributed by atoms with van der Waals surface area (Å²) in [4.78, 5) is 19.1. The highest BCUT2D eigenvalue weighted by Crippen LogP contribution is 2.33. The number of hydrogen-bond acceptors (Lipinski definition) is 9. The number of sulfonamides is 1. The minimum absolute atomic E-state index is 0.000165. The predicted octanol–water partition coefficient (Wildman–Crippen LogP) is 4.30. The number of alkyl halides is 3. The summed E-state index contributed by atoms with van der Waals surface area (Å²) in [6.45, 7) is 1.55. The fourth-order valence-electron chi connectivity index (χ4n) is 4.67. The summed E-state index contributed by atoms with van der Waals surface area (Å²) in [6.07, 6.45) is -6.24. The van der Waals surface area contributed by atoms with E-state index in [1.54, 1.807) is 12.1 Å². The van der Waals surface area contributed by atoms with Gasteiger partial charge >= 0.3 is 12.3 Å². The van der Waals surface area contributed by atoms with Crippen molar-refractivity contribution in [1.82, 2.24) is 9.29 Å². The number of rotatable bonds is 8. The highest BCUT2D eigenvalue weighted by Gasteiger charge is 2.36. The van der Waals surface area contributed by atoms with Crippen molar-refractivity contribution in [3.8, 4) is 0 Å². The number of cyclic esters (lactones) is 1. The van der Waals surface area contributed by atoms with Gasteiger partial charge in [0.15, 0.2) is 0 Å². The number of piperazine rings is 1. The highest BCUT2D eigenvalue weighted by atomic mass is 35.5. The summed E-state index contributed by atoms with van der Waals surface area (Å²) in [5.74, 6) is 0.000165. The number of ether oxygens (including phenoxy) is 1. The van der Waals surface area contributed by atoms with Crippen LogP contribution in [0.2, 0.25) is 5.15 Å². The molecule has 2 saturated heterocycles. The Labute approximate surface area is 256 Å². The van der Waals surface area contributed by atoms with E-state index in [0.717, 1.165) is 17.7 Å². The molecule has 0 radical (unpaired) electrons. The Morgan fingerprint density at radius 2 is 1.57 bits per heavy atom. The van der Waals surface area contributed by atoms with Crippen LogP contribution in [0.3, 0.4) is 0 Å². The minimum atomic E-state index is -4.61. The molecule has 0 saturated carbocycles. The molecule has 1 atom stereocenters. The molecule has 2 aliphatic heterocycles. The number of halogens is 4. The van der Waals surface area contributed by atoms with Crippen LogP contribution in [0.5, 0.6) is 0 Å². The normalized spacial score (nSPS) is 18.5. The summed E-state index contributed by atoms with van der Waals surface area (Å²) >= 11 is 5.79. The van der Waals surface area contributed by atoms with Crippen LogP contribution in [0.15, 0.2) is 70.5 Å². The van der Waals surface area contributed by atoms with Gasteiger partial charge in [-0.3, -0.25) is 9.08 Å². The summed E-state index contributed by atoms with van der Waals surface area (Å²) in [5.41, 5.74) is 0.258. The van der Waals surface area contributed by atoms with Crippen molar-refractivity contribution >= 4 is 49.3 Å². The second-order valence-electron chi connectivity index (χ2n) is 10.1. The number of carbonyl (C=O) groups is 1. The molecule has 2 aromatic carbocycles. The van der Waals surface area contributed by atoms with Crippen LogP contribution in [0.25, 0.3) is 0 Å². The lowest BCUT2D eigenvalue weighted by Crippen LogP contribution is -2.49. The average Bonchev–Trinajstić information content (AvgIpc) is 3.36. The van der Waals surface area contributed by atoms with Crippen LogP contribution in [0, 0.1) is 6.92 Å². The number of nitrogens with zero attached hydrogens (tertiary/aromatic N) is 4. The summed E-state index contributed by atoms with van der Waals surface area (Å²) in [6, 6.07) is 13.2. The van der Waals surface area contributed by atoms with E-state index in [2.05, 4.69) is 4.98 Å². The molecule has 0 bridgehead atoms. The van der Waals surface area contributed by atoms with Gasteiger partial charge in [0.25, 0.3) is 10.1 Å². The Morgan fingerprint density at radius 3 is 2.18 bits per heavy atom. The van der Waals surface area contributed by atoms with Crippen LogP contribution >= 0.6 is 11.6 Å². The number of carbonyl (C=O) groups excluding carboxylic acids is 1. The van der Waals surface area contributed by atoms with E-state index in [4.69, 9.17) is 20.5 Å². The van der Waals surface area contributed by atoms with Crippen molar-refractivity contribution in [1.29, 1.82) is 0 Å². The zero-order valence-electron chi connectivity index (χ0n) is 23.1. The monoisotopic (exact) mass is 674 g/mol. The average molecular weight is 675 g/mol. The fraction of sp³-hybridized carbons (Fsp3) is 0.333. The van der Waals surface area contributed by atoms with Crippen molar-refractivity contribution in [2.45, 2.75) is 29.0 Å². The van der Waals surface area contributed by atoms with E-state index >= 15 is 0 Å². The molecule has 1 unspecified atom stereocenters. The Morgan fingerprint density at radius 1 is 0.955 bits per heavy atom. The van der Waals surface area contributed by atoms with Crippen LogP contribution in [0.4, 0.5) is 29.5 Å². The molecule has 3 aromatic rings. The minimum Gasteiger partial charge on any atom is -0.441 e. The molecule has 11 nitrogen and oxygen atoms in total. The van der Waals surface area contributed by atoms with E-state index in [1.165, 1.54) is 50.5 Å². The molecular weight excluding hydrogens is 649 g/mol. The van der Waals surface area contributed by atoms with Gasteiger partial charge in [-0.25, -0.2) is 18.2 Å². The lowest BCUT2D eigenvalue weighted by atomic mass is 10.2. The Kier molecular flexibility index (Phi) is 8.83. The van der Waals surface area contributed by atoms with Gasteiger partial charge in [-0.15, -0.1) is 0 Å². The third-order valence-electron chi connectivity index (χ3n) is 7.05. The molecule has 2 fully saturated rings. The molecular formula is C27H26ClF3N4O7S2. The van der Waals surface area contributed by atoms with Crippen molar-refractivity contribution in [3.05, 3.63) is 76.9 Å². The molecule has 17 heteroatoms. The topological polar surface area (TPSA) is 126 Å². The smallest absolute Gasteiger partial charge is 0.416 e. The van der Waals surface area contributed by atoms with Crippen LogP contribution in [-0.4, -0.2) is 77.7 Å². The van der Waals surface area contributed by atoms with Gasteiger partial charge < -0.3 is 9.64 Å². The molecule has 0 spiro atoms. The quantitative estimate of drug-likeness (QED) is 0.254. The van der Waals surface area contributed by atoms with E-state index in [9.17, 15) is 34.8 Å².